The standard InChI is InChI=1S/C14H15F3N2S/c1-9(7-18)12-8-20-13(19-12)6-10-2-4-11(5-3-10)14(15,16)17/h2-5,8-9H,6-7,18H2,1H3. The molecule has 1 aromatic carbocycles. The molecular formula is C14H15F3N2S. The summed E-state index contributed by atoms with van der Waals surface area (Å²) < 4.78 is 37.4. The highest BCUT2D eigenvalue weighted by molar-refractivity contribution is 7.09. The van der Waals surface area contributed by atoms with Gasteiger partial charge in [0.2, 0.25) is 0 Å². The van der Waals surface area contributed by atoms with Crippen LogP contribution in [-0.2, 0) is 12.6 Å². The zero-order valence-corrected chi connectivity index (χ0v) is 11.8. The van der Waals surface area contributed by atoms with E-state index in [9.17, 15) is 13.2 Å². The number of thiazole rings is 1. The van der Waals surface area contributed by atoms with Crippen LogP contribution < -0.4 is 5.73 Å². The maximum absolute atomic E-state index is 12.5. The van der Waals surface area contributed by atoms with Crippen molar-refractivity contribution >= 4 is 11.3 Å². The monoisotopic (exact) mass is 300 g/mol. The summed E-state index contributed by atoms with van der Waals surface area (Å²) in [7, 11) is 0. The number of benzene rings is 1. The highest BCUT2D eigenvalue weighted by Gasteiger charge is 2.29. The van der Waals surface area contributed by atoms with E-state index in [4.69, 9.17) is 5.73 Å². The quantitative estimate of drug-likeness (QED) is 0.932. The van der Waals surface area contributed by atoms with Crippen molar-refractivity contribution in [2.45, 2.75) is 25.4 Å². The fourth-order valence-corrected chi connectivity index (χ4v) is 2.69. The minimum Gasteiger partial charge on any atom is -0.330 e. The Bertz CT molecular complexity index is 561. The molecular weight excluding hydrogens is 285 g/mol. The van der Waals surface area contributed by atoms with Gasteiger partial charge >= 0.3 is 6.18 Å². The molecule has 2 aromatic rings. The van der Waals surface area contributed by atoms with Gasteiger partial charge in [-0.25, -0.2) is 4.98 Å². The molecule has 2 rings (SSSR count). The van der Waals surface area contributed by atoms with Gasteiger partial charge in [0.15, 0.2) is 0 Å². The van der Waals surface area contributed by atoms with Crippen LogP contribution in [0.25, 0.3) is 0 Å². The van der Waals surface area contributed by atoms with E-state index >= 15 is 0 Å². The first kappa shape index (κ1) is 15.0. The molecule has 1 heterocycles. The Morgan fingerprint density at radius 1 is 1.25 bits per heavy atom. The molecule has 2 N–H and O–H groups in total. The highest BCUT2D eigenvalue weighted by Crippen LogP contribution is 2.29. The van der Waals surface area contributed by atoms with E-state index in [1.807, 2.05) is 12.3 Å². The van der Waals surface area contributed by atoms with Gasteiger partial charge in [-0.15, -0.1) is 11.3 Å². The molecule has 0 saturated heterocycles. The van der Waals surface area contributed by atoms with Crippen molar-refractivity contribution in [3.8, 4) is 0 Å². The van der Waals surface area contributed by atoms with Crippen LogP contribution in [0.15, 0.2) is 29.6 Å². The predicted molar refractivity (Wildman–Crippen MR) is 73.8 cm³/mol. The molecule has 0 aliphatic carbocycles. The first-order valence-electron chi connectivity index (χ1n) is 6.20. The fraction of sp³-hybridized carbons (Fsp3) is 0.357. The van der Waals surface area contributed by atoms with Crippen LogP contribution in [0.1, 0.15) is 34.7 Å². The van der Waals surface area contributed by atoms with Gasteiger partial charge in [0, 0.05) is 24.3 Å². The molecule has 2 nitrogen and oxygen atoms in total. The molecule has 0 amide bonds. The Hall–Kier alpha value is -1.40. The Labute approximate surface area is 119 Å². The maximum atomic E-state index is 12.5. The number of hydrogen-bond acceptors (Lipinski definition) is 3. The molecule has 0 fully saturated rings. The van der Waals surface area contributed by atoms with Crippen LogP contribution in [0.5, 0.6) is 0 Å². The van der Waals surface area contributed by atoms with E-state index in [2.05, 4.69) is 4.98 Å². The SMILES string of the molecule is CC(CN)c1csc(Cc2ccc(C(F)(F)F)cc2)n1. The van der Waals surface area contributed by atoms with E-state index < -0.39 is 11.7 Å². The van der Waals surface area contributed by atoms with Crippen LogP contribution in [0.3, 0.4) is 0 Å². The van der Waals surface area contributed by atoms with Gasteiger partial charge in [0.1, 0.15) is 0 Å². The molecule has 20 heavy (non-hydrogen) atoms. The smallest absolute Gasteiger partial charge is 0.330 e. The summed E-state index contributed by atoms with van der Waals surface area (Å²) in [6, 6.07) is 5.20. The third-order valence-electron chi connectivity index (χ3n) is 3.06. The van der Waals surface area contributed by atoms with E-state index in [1.54, 1.807) is 0 Å². The van der Waals surface area contributed by atoms with E-state index in [0.717, 1.165) is 28.4 Å². The molecule has 0 aliphatic rings. The minimum atomic E-state index is -4.29. The first-order chi connectivity index (χ1) is 9.40. The largest absolute Gasteiger partial charge is 0.416 e. The molecule has 0 aliphatic heterocycles. The summed E-state index contributed by atoms with van der Waals surface area (Å²) in [4.78, 5) is 4.46. The molecule has 1 aromatic heterocycles. The minimum absolute atomic E-state index is 0.201. The molecule has 0 bridgehead atoms. The molecule has 0 spiro atoms. The van der Waals surface area contributed by atoms with Gasteiger partial charge in [-0.1, -0.05) is 19.1 Å². The average molecular weight is 300 g/mol. The van der Waals surface area contributed by atoms with E-state index in [1.165, 1.54) is 23.5 Å². The number of alkyl halides is 3. The summed E-state index contributed by atoms with van der Waals surface area (Å²) in [5.41, 5.74) is 6.72. The predicted octanol–water partition coefficient (Wildman–Crippen LogP) is 3.81. The lowest BCUT2D eigenvalue weighted by atomic mass is 10.1. The van der Waals surface area contributed by atoms with Gasteiger partial charge < -0.3 is 5.73 Å². The summed E-state index contributed by atoms with van der Waals surface area (Å²) in [6.45, 7) is 2.53. The van der Waals surface area contributed by atoms with Crippen molar-refractivity contribution in [2.24, 2.45) is 5.73 Å². The number of aromatic nitrogens is 1. The molecule has 6 heteroatoms. The van der Waals surface area contributed by atoms with Gasteiger partial charge in [-0.3, -0.25) is 0 Å². The Morgan fingerprint density at radius 2 is 1.90 bits per heavy atom. The van der Waals surface area contributed by atoms with Crippen molar-refractivity contribution in [1.82, 2.24) is 4.98 Å². The average Bonchev–Trinajstić information content (AvgIpc) is 2.86. The number of hydrogen-bond donors (Lipinski definition) is 1. The van der Waals surface area contributed by atoms with Crippen LogP contribution in [-0.4, -0.2) is 11.5 Å². The molecule has 0 saturated carbocycles. The molecule has 1 atom stereocenters. The number of nitrogens with two attached hydrogens (primary N) is 1. The van der Waals surface area contributed by atoms with Gasteiger partial charge in [-0.2, -0.15) is 13.2 Å². The lowest BCUT2D eigenvalue weighted by molar-refractivity contribution is -0.137. The summed E-state index contributed by atoms with van der Waals surface area (Å²) in [5, 5.41) is 2.84. The van der Waals surface area contributed by atoms with Gasteiger partial charge in [0.25, 0.3) is 0 Å². The summed E-state index contributed by atoms with van der Waals surface area (Å²) in [6.07, 6.45) is -3.75. The van der Waals surface area contributed by atoms with E-state index in [0.29, 0.717) is 13.0 Å². The zero-order valence-electron chi connectivity index (χ0n) is 10.9. The lowest BCUT2D eigenvalue weighted by Crippen LogP contribution is -2.09. The van der Waals surface area contributed by atoms with Crippen LogP contribution in [0.4, 0.5) is 13.2 Å². The van der Waals surface area contributed by atoms with E-state index in [-0.39, 0.29) is 5.92 Å². The topological polar surface area (TPSA) is 38.9 Å². The maximum Gasteiger partial charge on any atom is 0.416 e. The van der Waals surface area contributed by atoms with Crippen LogP contribution in [0.2, 0.25) is 0 Å². The second kappa shape index (κ2) is 5.93. The van der Waals surface area contributed by atoms with Crippen molar-refractivity contribution in [3.63, 3.8) is 0 Å². The molecule has 0 radical (unpaired) electrons. The Kier molecular flexibility index (Phi) is 4.45. The number of rotatable bonds is 4. The van der Waals surface area contributed by atoms with Crippen LogP contribution in [0, 0.1) is 0 Å². The normalized spacial score (nSPS) is 13.4. The summed E-state index contributed by atoms with van der Waals surface area (Å²) >= 11 is 1.51. The Balaban J connectivity index is 2.08. The van der Waals surface area contributed by atoms with Crippen molar-refractivity contribution in [3.05, 3.63) is 51.5 Å². The Morgan fingerprint density at radius 3 is 2.45 bits per heavy atom. The second-order valence-corrected chi connectivity index (χ2v) is 5.62. The number of halogens is 3. The van der Waals surface area contributed by atoms with Crippen molar-refractivity contribution in [2.75, 3.05) is 6.54 Å². The van der Waals surface area contributed by atoms with Gasteiger partial charge in [0.05, 0.1) is 16.3 Å². The number of nitrogens with zero attached hydrogens (tertiary/aromatic N) is 1. The van der Waals surface area contributed by atoms with Crippen molar-refractivity contribution < 1.29 is 13.2 Å². The van der Waals surface area contributed by atoms with Crippen molar-refractivity contribution in [1.29, 1.82) is 0 Å². The first-order valence-corrected chi connectivity index (χ1v) is 7.08. The zero-order chi connectivity index (χ0) is 14.8. The fourth-order valence-electron chi connectivity index (χ4n) is 1.74. The lowest BCUT2D eigenvalue weighted by Gasteiger charge is -2.07. The third kappa shape index (κ3) is 3.58. The third-order valence-corrected chi connectivity index (χ3v) is 3.93. The highest BCUT2D eigenvalue weighted by atomic mass is 32.1. The van der Waals surface area contributed by atoms with Crippen LogP contribution >= 0.6 is 11.3 Å². The second-order valence-electron chi connectivity index (χ2n) is 4.67. The summed E-state index contributed by atoms with van der Waals surface area (Å²) in [5.74, 6) is 0.201. The van der Waals surface area contributed by atoms with Gasteiger partial charge in [-0.05, 0) is 17.7 Å². The molecule has 108 valence electrons. The molecule has 1 unspecified atom stereocenters.